The smallest absolute Gasteiger partial charge is 0.322 e. The van der Waals surface area contributed by atoms with Gasteiger partial charge in [0.1, 0.15) is 12.4 Å². The van der Waals surface area contributed by atoms with Crippen molar-refractivity contribution in [3.05, 3.63) is 24.0 Å². The minimum absolute atomic E-state index is 0.129. The van der Waals surface area contributed by atoms with Crippen LogP contribution in [0.25, 0.3) is 5.95 Å². The molecule has 6 nitrogen and oxygen atoms in total. The Morgan fingerprint density at radius 3 is 2.74 bits per heavy atom. The van der Waals surface area contributed by atoms with E-state index in [4.69, 9.17) is 16.3 Å². The van der Waals surface area contributed by atoms with Gasteiger partial charge in [-0.05, 0) is 37.3 Å². The number of imidazole rings is 1. The Kier molecular flexibility index (Phi) is 3.59. The summed E-state index contributed by atoms with van der Waals surface area (Å²) in [6.45, 7) is 0. The Morgan fingerprint density at radius 1 is 1.16 bits per heavy atom. The summed E-state index contributed by atoms with van der Waals surface area (Å²) in [6.07, 6.45) is 10.9. The van der Waals surface area contributed by atoms with Gasteiger partial charge in [-0.2, -0.15) is 15.0 Å². The maximum atomic E-state index is 5.91. The van der Waals surface area contributed by atoms with Gasteiger partial charge in [-0.1, -0.05) is 6.42 Å². The highest BCUT2D eigenvalue weighted by Gasteiger charge is 2.17. The molecule has 0 aliphatic heterocycles. The van der Waals surface area contributed by atoms with Crippen LogP contribution in [0, 0.1) is 0 Å². The first-order valence-corrected chi connectivity index (χ1v) is 6.75. The molecule has 19 heavy (non-hydrogen) atoms. The highest BCUT2D eigenvalue weighted by Crippen LogP contribution is 2.22. The predicted molar refractivity (Wildman–Crippen MR) is 69.5 cm³/mol. The summed E-state index contributed by atoms with van der Waals surface area (Å²) in [4.78, 5) is 16.3. The van der Waals surface area contributed by atoms with Crippen LogP contribution in [0.4, 0.5) is 0 Å². The lowest BCUT2D eigenvalue weighted by Gasteiger charge is -2.21. The van der Waals surface area contributed by atoms with Gasteiger partial charge in [0.05, 0.1) is 0 Å². The van der Waals surface area contributed by atoms with Crippen LogP contribution in [-0.2, 0) is 0 Å². The van der Waals surface area contributed by atoms with Crippen LogP contribution in [0.5, 0.6) is 6.01 Å². The van der Waals surface area contributed by atoms with Crippen LogP contribution < -0.4 is 4.74 Å². The second kappa shape index (κ2) is 5.52. The van der Waals surface area contributed by atoms with E-state index in [1.807, 2.05) is 0 Å². The summed E-state index contributed by atoms with van der Waals surface area (Å²) >= 11 is 5.91. The normalized spacial score (nSPS) is 16.5. The summed E-state index contributed by atoms with van der Waals surface area (Å²) in [5.74, 6) is 0.420. The van der Waals surface area contributed by atoms with Gasteiger partial charge >= 0.3 is 6.01 Å². The van der Waals surface area contributed by atoms with Crippen molar-refractivity contribution in [1.29, 1.82) is 0 Å². The van der Waals surface area contributed by atoms with Gasteiger partial charge in [0, 0.05) is 12.4 Å². The quantitative estimate of drug-likeness (QED) is 0.863. The molecule has 2 heterocycles. The van der Waals surface area contributed by atoms with Crippen molar-refractivity contribution in [2.75, 3.05) is 0 Å². The van der Waals surface area contributed by atoms with Crippen molar-refractivity contribution in [1.82, 2.24) is 24.5 Å². The SMILES string of the molecule is Clc1nc(OC2CCCCC2)nc(-n2ccnc2)n1. The van der Waals surface area contributed by atoms with Gasteiger partial charge in [-0.3, -0.25) is 4.57 Å². The van der Waals surface area contributed by atoms with Crippen LogP contribution in [0.3, 0.4) is 0 Å². The molecule has 7 heteroatoms. The molecule has 1 aliphatic carbocycles. The van der Waals surface area contributed by atoms with Crippen LogP contribution in [0.1, 0.15) is 32.1 Å². The minimum atomic E-state index is 0.129. The topological polar surface area (TPSA) is 65.7 Å². The first kappa shape index (κ1) is 12.3. The van der Waals surface area contributed by atoms with Crippen LogP contribution in [0.15, 0.2) is 18.7 Å². The lowest BCUT2D eigenvalue weighted by Crippen LogP contribution is -2.21. The molecule has 1 fully saturated rings. The van der Waals surface area contributed by atoms with Crippen molar-refractivity contribution in [3.63, 3.8) is 0 Å². The molecule has 0 radical (unpaired) electrons. The molecular formula is C12H14ClN5O. The fraction of sp³-hybridized carbons (Fsp3) is 0.500. The highest BCUT2D eigenvalue weighted by atomic mass is 35.5. The number of ether oxygens (including phenoxy) is 1. The van der Waals surface area contributed by atoms with E-state index in [0.717, 1.165) is 12.8 Å². The molecule has 0 atom stereocenters. The molecule has 2 aromatic heterocycles. The zero-order valence-corrected chi connectivity index (χ0v) is 11.1. The number of rotatable bonds is 3. The molecule has 2 aromatic rings. The van der Waals surface area contributed by atoms with E-state index in [-0.39, 0.29) is 17.4 Å². The zero-order valence-electron chi connectivity index (χ0n) is 10.4. The standard InChI is InChI=1S/C12H14ClN5O/c13-10-15-11(18-7-6-14-8-18)17-12(16-10)19-9-4-2-1-3-5-9/h6-9H,1-5H2. The Morgan fingerprint density at radius 2 is 2.00 bits per heavy atom. The van der Waals surface area contributed by atoms with E-state index in [1.54, 1.807) is 23.3 Å². The van der Waals surface area contributed by atoms with Crippen molar-refractivity contribution in [2.24, 2.45) is 0 Å². The fourth-order valence-corrected chi connectivity index (χ4v) is 2.35. The average molecular weight is 280 g/mol. The summed E-state index contributed by atoms with van der Waals surface area (Å²) in [6, 6.07) is 0.288. The van der Waals surface area contributed by atoms with Gasteiger partial charge < -0.3 is 4.74 Å². The lowest BCUT2D eigenvalue weighted by atomic mass is 9.98. The summed E-state index contributed by atoms with van der Waals surface area (Å²) in [5.41, 5.74) is 0. The molecular weight excluding hydrogens is 266 g/mol. The van der Waals surface area contributed by atoms with Gasteiger partial charge in [0.15, 0.2) is 0 Å². The third kappa shape index (κ3) is 3.01. The monoisotopic (exact) mass is 279 g/mol. The molecule has 1 aliphatic rings. The summed E-state index contributed by atoms with van der Waals surface area (Å²) in [5, 5.41) is 0.129. The molecule has 0 saturated heterocycles. The summed E-state index contributed by atoms with van der Waals surface area (Å²) in [7, 11) is 0. The number of hydrogen-bond donors (Lipinski definition) is 0. The second-order valence-corrected chi connectivity index (χ2v) is 4.87. The molecule has 3 rings (SSSR count). The third-order valence-corrected chi connectivity index (χ3v) is 3.30. The predicted octanol–water partition coefficient (Wildman–Crippen LogP) is 2.42. The first-order chi connectivity index (χ1) is 9.31. The van der Waals surface area contributed by atoms with Crippen LogP contribution in [0.2, 0.25) is 5.28 Å². The third-order valence-electron chi connectivity index (χ3n) is 3.14. The molecule has 0 bridgehead atoms. The van der Waals surface area contributed by atoms with E-state index in [9.17, 15) is 0 Å². The molecule has 0 amide bonds. The summed E-state index contributed by atoms with van der Waals surface area (Å²) < 4.78 is 7.46. The van der Waals surface area contributed by atoms with E-state index < -0.39 is 0 Å². The van der Waals surface area contributed by atoms with E-state index in [1.165, 1.54) is 19.3 Å². The van der Waals surface area contributed by atoms with Gasteiger partial charge in [-0.15, -0.1) is 0 Å². The van der Waals surface area contributed by atoms with Crippen molar-refractivity contribution < 1.29 is 4.74 Å². The molecule has 0 spiro atoms. The van der Waals surface area contributed by atoms with E-state index in [2.05, 4.69) is 19.9 Å². The lowest BCUT2D eigenvalue weighted by molar-refractivity contribution is 0.141. The number of nitrogens with zero attached hydrogens (tertiary/aromatic N) is 5. The van der Waals surface area contributed by atoms with Gasteiger partial charge in [0.2, 0.25) is 11.2 Å². The molecule has 0 unspecified atom stereocenters. The first-order valence-electron chi connectivity index (χ1n) is 6.38. The molecule has 0 aromatic carbocycles. The average Bonchev–Trinajstić information content (AvgIpc) is 2.93. The fourth-order valence-electron chi connectivity index (χ4n) is 2.20. The maximum absolute atomic E-state index is 5.91. The number of hydrogen-bond acceptors (Lipinski definition) is 5. The number of aromatic nitrogens is 5. The van der Waals surface area contributed by atoms with Crippen LogP contribution >= 0.6 is 11.6 Å². The van der Waals surface area contributed by atoms with E-state index in [0.29, 0.717) is 5.95 Å². The molecule has 1 saturated carbocycles. The van der Waals surface area contributed by atoms with Gasteiger partial charge in [0.25, 0.3) is 0 Å². The van der Waals surface area contributed by atoms with E-state index >= 15 is 0 Å². The highest BCUT2D eigenvalue weighted by molar-refractivity contribution is 6.28. The maximum Gasteiger partial charge on any atom is 0.322 e. The van der Waals surface area contributed by atoms with Crippen LogP contribution in [-0.4, -0.2) is 30.6 Å². The Bertz CT molecular complexity index is 539. The largest absolute Gasteiger partial charge is 0.460 e. The molecule has 100 valence electrons. The van der Waals surface area contributed by atoms with Crippen molar-refractivity contribution in [3.8, 4) is 12.0 Å². The van der Waals surface area contributed by atoms with Crippen molar-refractivity contribution >= 4 is 11.6 Å². The van der Waals surface area contributed by atoms with Gasteiger partial charge in [-0.25, -0.2) is 4.98 Å². The Labute approximate surface area is 115 Å². The number of halogens is 1. The molecule has 0 N–H and O–H groups in total. The minimum Gasteiger partial charge on any atom is -0.460 e. The zero-order chi connectivity index (χ0) is 13.1. The van der Waals surface area contributed by atoms with Crippen molar-refractivity contribution in [2.45, 2.75) is 38.2 Å². The second-order valence-electron chi connectivity index (χ2n) is 4.53. The Hall–Kier alpha value is -1.69. The Balaban J connectivity index is 1.81.